The molecule has 164 valence electrons. The van der Waals surface area contributed by atoms with Crippen LogP contribution >= 0.6 is 24.0 Å². The zero-order valence-electron chi connectivity index (χ0n) is 18.4. The maximum absolute atomic E-state index is 5.49. The first-order valence-electron chi connectivity index (χ1n) is 10.6. The summed E-state index contributed by atoms with van der Waals surface area (Å²) < 4.78 is 5.49. The summed E-state index contributed by atoms with van der Waals surface area (Å²) in [6.07, 6.45) is 1.14. The van der Waals surface area contributed by atoms with Crippen molar-refractivity contribution in [1.82, 2.24) is 20.4 Å². The highest BCUT2D eigenvalue weighted by molar-refractivity contribution is 14.0. The summed E-state index contributed by atoms with van der Waals surface area (Å²) >= 11 is 0. The van der Waals surface area contributed by atoms with E-state index in [1.165, 1.54) is 5.56 Å². The Morgan fingerprint density at radius 2 is 1.90 bits per heavy atom. The van der Waals surface area contributed by atoms with Gasteiger partial charge in [0.15, 0.2) is 5.96 Å². The summed E-state index contributed by atoms with van der Waals surface area (Å²) in [7, 11) is 1.86. The van der Waals surface area contributed by atoms with Crippen LogP contribution in [0.4, 0.5) is 0 Å². The van der Waals surface area contributed by atoms with E-state index in [0.717, 1.165) is 58.3 Å². The number of rotatable bonds is 6. The Balaban J connectivity index is 0.00000300. The zero-order chi connectivity index (χ0) is 20.0. The highest BCUT2D eigenvalue weighted by Gasteiger charge is 2.31. The molecule has 0 radical (unpaired) electrons. The van der Waals surface area contributed by atoms with E-state index in [-0.39, 0.29) is 29.5 Å². The lowest BCUT2D eigenvalue weighted by Crippen LogP contribution is -2.57. The van der Waals surface area contributed by atoms with Crippen molar-refractivity contribution in [3.05, 3.63) is 35.9 Å². The molecule has 2 aliphatic heterocycles. The van der Waals surface area contributed by atoms with Gasteiger partial charge in [-0.25, -0.2) is 0 Å². The third kappa shape index (κ3) is 7.08. The average molecular weight is 515 g/mol. The van der Waals surface area contributed by atoms with Crippen molar-refractivity contribution in [3.63, 3.8) is 0 Å². The van der Waals surface area contributed by atoms with Crippen LogP contribution < -0.4 is 10.6 Å². The number of halogens is 1. The van der Waals surface area contributed by atoms with E-state index in [1.807, 2.05) is 7.05 Å². The Hall–Kier alpha value is -0.900. The number of benzene rings is 1. The van der Waals surface area contributed by atoms with Crippen LogP contribution in [0.25, 0.3) is 0 Å². The molecule has 2 unspecified atom stereocenters. The van der Waals surface area contributed by atoms with E-state index >= 15 is 0 Å². The Bertz CT molecular complexity index is 633. The van der Waals surface area contributed by atoms with Gasteiger partial charge in [-0.1, -0.05) is 30.3 Å². The summed E-state index contributed by atoms with van der Waals surface area (Å²) in [5, 5.41) is 7.19. The highest BCUT2D eigenvalue weighted by Crippen LogP contribution is 2.20. The number of morpholine rings is 1. The second kappa shape index (κ2) is 11.5. The van der Waals surface area contributed by atoms with Crippen molar-refractivity contribution in [2.75, 3.05) is 46.4 Å². The minimum atomic E-state index is 0. The van der Waals surface area contributed by atoms with E-state index in [9.17, 15) is 0 Å². The first-order chi connectivity index (χ1) is 13.5. The monoisotopic (exact) mass is 515 g/mol. The summed E-state index contributed by atoms with van der Waals surface area (Å²) in [5.74, 6) is 0.903. The lowest BCUT2D eigenvalue weighted by atomic mass is 10.0. The number of hydrogen-bond donors (Lipinski definition) is 2. The molecule has 1 aromatic carbocycles. The number of nitrogens with one attached hydrogen (secondary N) is 2. The fourth-order valence-corrected chi connectivity index (χ4v) is 4.21. The van der Waals surface area contributed by atoms with Crippen LogP contribution in [-0.4, -0.2) is 79.8 Å². The molecule has 0 spiro atoms. The molecule has 2 atom stereocenters. The molecule has 0 amide bonds. The number of aliphatic imine (C=N–C) groups is 1. The molecule has 2 aliphatic rings. The summed E-state index contributed by atoms with van der Waals surface area (Å²) in [5.41, 5.74) is 1.45. The molecule has 3 rings (SSSR count). The van der Waals surface area contributed by atoms with E-state index in [2.05, 4.69) is 76.5 Å². The topological polar surface area (TPSA) is 52.1 Å². The normalized spacial score (nSPS) is 24.2. The molecule has 2 heterocycles. The molecular weight excluding hydrogens is 477 g/mol. The lowest BCUT2D eigenvalue weighted by molar-refractivity contribution is -0.00834. The van der Waals surface area contributed by atoms with Gasteiger partial charge in [0, 0.05) is 57.4 Å². The van der Waals surface area contributed by atoms with Gasteiger partial charge in [0.1, 0.15) is 0 Å². The van der Waals surface area contributed by atoms with Gasteiger partial charge in [0.25, 0.3) is 0 Å². The SMILES string of the molecule is CN=C(NCC(C)(C)N1CCOCC1)NC1CC(C)N(Cc2ccccc2)C1.I. The van der Waals surface area contributed by atoms with Gasteiger partial charge in [-0.15, -0.1) is 24.0 Å². The number of hydrogen-bond acceptors (Lipinski definition) is 4. The fraction of sp³-hybridized carbons (Fsp3) is 0.682. The fourth-order valence-electron chi connectivity index (χ4n) is 4.21. The van der Waals surface area contributed by atoms with Crippen molar-refractivity contribution in [3.8, 4) is 0 Å². The number of guanidine groups is 1. The summed E-state index contributed by atoms with van der Waals surface area (Å²) in [6, 6.07) is 11.7. The Morgan fingerprint density at radius 3 is 2.55 bits per heavy atom. The van der Waals surface area contributed by atoms with E-state index in [1.54, 1.807) is 0 Å². The van der Waals surface area contributed by atoms with Crippen molar-refractivity contribution >= 4 is 29.9 Å². The van der Waals surface area contributed by atoms with Crippen molar-refractivity contribution in [2.24, 2.45) is 4.99 Å². The minimum absolute atomic E-state index is 0. The molecule has 2 fully saturated rings. The van der Waals surface area contributed by atoms with Crippen LogP contribution in [0.5, 0.6) is 0 Å². The average Bonchev–Trinajstić information content (AvgIpc) is 3.05. The quantitative estimate of drug-likeness (QED) is 0.347. The van der Waals surface area contributed by atoms with Crippen molar-refractivity contribution in [2.45, 2.75) is 51.4 Å². The second-order valence-corrected chi connectivity index (χ2v) is 8.68. The maximum Gasteiger partial charge on any atom is 0.191 e. The third-order valence-corrected chi connectivity index (χ3v) is 6.05. The van der Waals surface area contributed by atoms with Crippen LogP contribution in [0.2, 0.25) is 0 Å². The van der Waals surface area contributed by atoms with Gasteiger partial charge >= 0.3 is 0 Å². The minimum Gasteiger partial charge on any atom is -0.379 e. The molecular formula is C22H38IN5O. The molecule has 0 saturated carbocycles. The molecule has 7 heteroatoms. The molecule has 2 N–H and O–H groups in total. The zero-order valence-corrected chi connectivity index (χ0v) is 20.7. The molecule has 2 saturated heterocycles. The Labute approximate surface area is 193 Å². The van der Waals surface area contributed by atoms with E-state index < -0.39 is 0 Å². The highest BCUT2D eigenvalue weighted by atomic mass is 127. The molecule has 0 aliphatic carbocycles. The van der Waals surface area contributed by atoms with Crippen LogP contribution in [0.15, 0.2) is 35.3 Å². The second-order valence-electron chi connectivity index (χ2n) is 8.68. The number of likely N-dealkylation sites (tertiary alicyclic amines) is 1. The van der Waals surface area contributed by atoms with Gasteiger partial charge in [-0.05, 0) is 32.8 Å². The summed E-state index contributed by atoms with van der Waals surface area (Å²) in [6.45, 7) is 13.5. The van der Waals surface area contributed by atoms with E-state index in [0.29, 0.717) is 12.1 Å². The molecule has 29 heavy (non-hydrogen) atoms. The summed E-state index contributed by atoms with van der Waals surface area (Å²) in [4.78, 5) is 9.52. The van der Waals surface area contributed by atoms with Crippen LogP contribution in [0.1, 0.15) is 32.8 Å². The van der Waals surface area contributed by atoms with Crippen LogP contribution in [0, 0.1) is 0 Å². The molecule has 0 bridgehead atoms. The van der Waals surface area contributed by atoms with E-state index in [4.69, 9.17) is 4.74 Å². The van der Waals surface area contributed by atoms with Crippen molar-refractivity contribution < 1.29 is 4.74 Å². The Kier molecular flexibility index (Phi) is 9.65. The first kappa shape index (κ1) is 24.4. The predicted molar refractivity (Wildman–Crippen MR) is 131 cm³/mol. The number of nitrogens with zero attached hydrogens (tertiary/aromatic N) is 3. The van der Waals surface area contributed by atoms with Crippen molar-refractivity contribution in [1.29, 1.82) is 0 Å². The smallest absolute Gasteiger partial charge is 0.191 e. The predicted octanol–water partition coefficient (Wildman–Crippen LogP) is 2.54. The number of ether oxygens (including phenoxy) is 1. The van der Waals surface area contributed by atoms with Crippen LogP contribution in [0.3, 0.4) is 0 Å². The van der Waals surface area contributed by atoms with Gasteiger partial charge in [0.05, 0.1) is 13.2 Å². The lowest BCUT2D eigenvalue weighted by Gasteiger charge is -2.41. The van der Waals surface area contributed by atoms with Gasteiger partial charge in [-0.2, -0.15) is 0 Å². The third-order valence-electron chi connectivity index (χ3n) is 6.05. The largest absolute Gasteiger partial charge is 0.379 e. The first-order valence-corrected chi connectivity index (χ1v) is 10.6. The maximum atomic E-state index is 5.49. The molecule has 1 aromatic rings. The molecule has 0 aromatic heterocycles. The van der Waals surface area contributed by atoms with Gasteiger partial charge < -0.3 is 15.4 Å². The van der Waals surface area contributed by atoms with Crippen LogP contribution in [-0.2, 0) is 11.3 Å². The van der Waals surface area contributed by atoms with Gasteiger partial charge in [-0.3, -0.25) is 14.8 Å². The van der Waals surface area contributed by atoms with Gasteiger partial charge in [0.2, 0.25) is 0 Å². The molecule has 6 nitrogen and oxygen atoms in total. The standard InChI is InChI=1S/C22H37N5O.HI/c1-18-14-20(16-26(18)15-19-8-6-5-7-9-19)25-21(23-4)24-17-22(2,3)27-10-12-28-13-11-27;/h5-9,18,20H,10-17H2,1-4H3,(H2,23,24,25);1H. The Morgan fingerprint density at radius 1 is 1.21 bits per heavy atom.